The minimum atomic E-state index is -3.73. The summed E-state index contributed by atoms with van der Waals surface area (Å²) >= 11 is 0. The number of carboxylic acids is 1. The molecule has 0 amide bonds. The van der Waals surface area contributed by atoms with Crippen LogP contribution in [0.1, 0.15) is 31.1 Å². The van der Waals surface area contributed by atoms with Crippen molar-refractivity contribution in [3.05, 3.63) is 54.1 Å². The van der Waals surface area contributed by atoms with E-state index in [4.69, 9.17) is 5.11 Å². The van der Waals surface area contributed by atoms with Crippen LogP contribution in [0.4, 0.5) is 0 Å². The Kier molecular flexibility index (Phi) is 4.58. The summed E-state index contributed by atoms with van der Waals surface area (Å²) in [6, 6.07) is 12.8. The van der Waals surface area contributed by atoms with Crippen LogP contribution < -0.4 is 4.72 Å². The lowest BCUT2D eigenvalue weighted by atomic mass is 10.0. The molecule has 0 radical (unpaired) electrons. The molecule has 0 saturated heterocycles. The van der Waals surface area contributed by atoms with Crippen molar-refractivity contribution in [1.82, 2.24) is 4.72 Å². The van der Waals surface area contributed by atoms with Gasteiger partial charge in [0.1, 0.15) is 0 Å². The first kappa shape index (κ1) is 17.2. The molecule has 23 heavy (non-hydrogen) atoms. The third-order valence-corrected chi connectivity index (χ3v) is 4.85. The highest BCUT2D eigenvalue weighted by Gasteiger charge is 2.24. The molecular weight excluding hydrogens is 314 g/mol. The van der Waals surface area contributed by atoms with Crippen LogP contribution in [0.5, 0.6) is 0 Å². The Hall–Kier alpha value is -2.18. The second kappa shape index (κ2) is 6.14. The molecule has 0 bridgehead atoms. The molecule has 2 aromatic rings. The van der Waals surface area contributed by atoms with E-state index in [-0.39, 0.29) is 10.5 Å². The van der Waals surface area contributed by atoms with Crippen LogP contribution in [0.15, 0.2) is 53.4 Å². The van der Waals surface area contributed by atoms with Crippen LogP contribution in [0, 0.1) is 0 Å². The number of benzene rings is 2. The quantitative estimate of drug-likeness (QED) is 0.900. The Morgan fingerprint density at radius 1 is 1.04 bits per heavy atom. The average Bonchev–Trinajstić information content (AvgIpc) is 2.45. The Morgan fingerprint density at radius 2 is 1.70 bits per heavy atom. The molecule has 0 atom stereocenters. The number of sulfonamides is 1. The highest BCUT2D eigenvalue weighted by Crippen LogP contribution is 2.28. The zero-order valence-corrected chi connectivity index (χ0v) is 14.0. The largest absolute Gasteiger partial charge is 0.478 e. The molecule has 0 aliphatic rings. The third kappa shape index (κ3) is 4.18. The first-order valence-electron chi connectivity index (χ1n) is 7.07. The molecule has 5 nitrogen and oxygen atoms in total. The summed E-state index contributed by atoms with van der Waals surface area (Å²) in [5.41, 5.74) is 0.500. The van der Waals surface area contributed by atoms with E-state index in [2.05, 4.69) is 4.72 Å². The van der Waals surface area contributed by atoms with Gasteiger partial charge in [-0.05, 0) is 44.5 Å². The number of carboxylic acid groups (broad SMARTS) is 1. The summed E-state index contributed by atoms with van der Waals surface area (Å²) in [7, 11) is -3.73. The number of rotatable bonds is 4. The zero-order valence-electron chi connectivity index (χ0n) is 13.2. The summed E-state index contributed by atoms with van der Waals surface area (Å²) in [6.07, 6.45) is 0. The molecule has 0 heterocycles. The average molecular weight is 333 g/mol. The van der Waals surface area contributed by atoms with E-state index in [0.29, 0.717) is 11.1 Å². The molecule has 2 rings (SSSR count). The Labute approximate surface area is 136 Å². The fourth-order valence-corrected chi connectivity index (χ4v) is 3.87. The van der Waals surface area contributed by atoms with Gasteiger partial charge in [0, 0.05) is 11.1 Å². The van der Waals surface area contributed by atoms with Gasteiger partial charge in [0.15, 0.2) is 0 Å². The maximum absolute atomic E-state index is 12.6. The lowest BCUT2D eigenvalue weighted by Crippen LogP contribution is -2.40. The van der Waals surface area contributed by atoms with E-state index in [1.807, 2.05) is 0 Å². The van der Waals surface area contributed by atoms with E-state index < -0.39 is 21.5 Å². The summed E-state index contributed by atoms with van der Waals surface area (Å²) < 4.78 is 27.9. The molecule has 0 saturated carbocycles. The SMILES string of the molecule is CC(C)(C)NS(=O)(=O)c1ccccc1-c1cccc(C(=O)O)c1. The molecule has 0 aliphatic carbocycles. The lowest BCUT2D eigenvalue weighted by Gasteiger charge is -2.21. The van der Waals surface area contributed by atoms with E-state index >= 15 is 0 Å². The maximum Gasteiger partial charge on any atom is 0.335 e. The van der Waals surface area contributed by atoms with Gasteiger partial charge in [-0.2, -0.15) is 0 Å². The van der Waals surface area contributed by atoms with Crippen LogP contribution in [-0.4, -0.2) is 25.0 Å². The Morgan fingerprint density at radius 3 is 2.30 bits per heavy atom. The molecule has 122 valence electrons. The number of hydrogen-bond donors (Lipinski definition) is 2. The number of nitrogens with one attached hydrogen (secondary N) is 1. The van der Waals surface area contributed by atoms with Gasteiger partial charge in [0.2, 0.25) is 10.0 Å². The maximum atomic E-state index is 12.6. The van der Waals surface area contributed by atoms with Gasteiger partial charge in [-0.25, -0.2) is 17.9 Å². The van der Waals surface area contributed by atoms with Crippen LogP contribution in [-0.2, 0) is 10.0 Å². The molecule has 2 aromatic carbocycles. The molecule has 6 heteroatoms. The topological polar surface area (TPSA) is 83.5 Å². The molecule has 0 spiro atoms. The van der Waals surface area contributed by atoms with Crippen molar-refractivity contribution in [2.45, 2.75) is 31.2 Å². The van der Waals surface area contributed by atoms with Crippen molar-refractivity contribution in [1.29, 1.82) is 0 Å². The summed E-state index contributed by atoms with van der Waals surface area (Å²) in [5, 5.41) is 9.11. The highest BCUT2D eigenvalue weighted by atomic mass is 32.2. The molecule has 0 aromatic heterocycles. The highest BCUT2D eigenvalue weighted by molar-refractivity contribution is 7.89. The molecule has 2 N–H and O–H groups in total. The molecule has 0 unspecified atom stereocenters. The number of aromatic carboxylic acids is 1. The van der Waals surface area contributed by atoms with Crippen LogP contribution in [0.25, 0.3) is 11.1 Å². The fraction of sp³-hybridized carbons (Fsp3) is 0.235. The summed E-state index contributed by atoms with van der Waals surface area (Å²) in [6.45, 7) is 5.29. The van der Waals surface area contributed by atoms with Crippen LogP contribution >= 0.6 is 0 Å². The second-order valence-corrected chi connectivity index (χ2v) is 7.89. The first-order valence-corrected chi connectivity index (χ1v) is 8.55. The van der Waals surface area contributed by atoms with Crippen molar-refractivity contribution >= 4 is 16.0 Å². The van der Waals surface area contributed by atoms with Crippen molar-refractivity contribution in [3.63, 3.8) is 0 Å². The zero-order chi connectivity index (χ0) is 17.3. The molecular formula is C17H19NO4S. The standard InChI is InChI=1S/C17H19NO4S/c1-17(2,3)18-23(21,22)15-10-5-4-9-14(15)12-7-6-8-13(11-12)16(19)20/h4-11,18H,1-3H3,(H,19,20). The second-order valence-electron chi connectivity index (χ2n) is 6.24. The van der Waals surface area contributed by atoms with Crippen LogP contribution in [0.2, 0.25) is 0 Å². The Balaban J connectivity index is 2.59. The van der Waals surface area contributed by atoms with Gasteiger partial charge >= 0.3 is 5.97 Å². The predicted octanol–water partition coefficient (Wildman–Crippen LogP) is 3.13. The summed E-state index contributed by atoms with van der Waals surface area (Å²) in [5.74, 6) is -1.06. The van der Waals surface area contributed by atoms with Crippen molar-refractivity contribution in [3.8, 4) is 11.1 Å². The summed E-state index contributed by atoms with van der Waals surface area (Å²) in [4.78, 5) is 11.2. The van der Waals surface area contributed by atoms with Gasteiger partial charge in [-0.15, -0.1) is 0 Å². The fourth-order valence-electron chi connectivity index (χ4n) is 2.22. The van der Waals surface area contributed by atoms with Crippen LogP contribution in [0.3, 0.4) is 0 Å². The van der Waals surface area contributed by atoms with E-state index in [1.54, 1.807) is 51.1 Å². The van der Waals surface area contributed by atoms with Crippen molar-refractivity contribution < 1.29 is 18.3 Å². The normalized spacial score (nSPS) is 12.1. The van der Waals surface area contributed by atoms with Gasteiger partial charge in [-0.1, -0.05) is 30.3 Å². The Bertz CT molecular complexity index is 836. The number of carbonyl (C=O) groups is 1. The minimum absolute atomic E-state index is 0.110. The van der Waals surface area contributed by atoms with Crippen molar-refractivity contribution in [2.75, 3.05) is 0 Å². The van der Waals surface area contributed by atoms with Gasteiger partial charge < -0.3 is 5.11 Å². The number of hydrogen-bond acceptors (Lipinski definition) is 3. The monoisotopic (exact) mass is 333 g/mol. The van der Waals surface area contributed by atoms with Crippen molar-refractivity contribution in [2.24, 2.45) is 0 Å². The smallest absolute Gasteiger partial charge is 0.335 e. The van der Waals surface area contributed by atoms with E-state index in [0.717, 1.165) is 0 Å². The van der Waals surface area contributed by atoms with E-state index in [1.165, 1.54) is 18.2 Å². The lowest BCUT2D eigenvalue weighted by molar-refractivity contribution is 0.0697. The predicted molar refractivity (Wildman–Crippen MR) is 88.9 cm³/mol. The molecule has 0 fully saturated rings. The third-order valence-electron chi connectivity index (χ3n) is 3.04. The van der Waals surface area contributed by atoms with Gasteiger partial charge in [0.25, 0.3) is 0 Å². The van der Waals surface area contributed by atoms with E-state index in [9.17, 15) is 13.2 Å². The molecule has 0 aliphatic heterocycles. The van der Waals surface area contributed by atoms with Gasteiger partial charge in [-0.3, -0.25) is 0 Å². The minimum Gasteiger partial charge on any atom is -0.478 e. The first-order chi connectivity index (χ1) is 10.6. The van der Waals surface area contributed by atoms with Gasteiger partial charge in [0.05, 0.1) is 10.5 Å².